The highest BCUT2D eigenvalue weighted by Gasteiger charge is 1.98. The fourth-order valence-electron chi connectivity index (χ4n) is 0.951. The highest BCUT2D eigenvalue weighted by Crippen LogP contribution is 2.16. The van der Waals surface area contributed by atoms with Crippen molar-refractivity contribution in [2.75, 3.05) is 25.2 Å². The molecule has 0 aromatic heterocycles. The number of hydrogen-bond acceptors (Lipinski definition) is 1. The van der Waals surface area contributed by atoms with Crippen molar-refractivity contribution in [1.29, 1.82) is 0 Å². The summed E-state index contributed by atoms with van der Waals surface area (Å²) >= 11 is 3.34. The summed E-state index contributed by atoms with van der Waals surface area (Å²) in [4.78, 5) is 1.88. The first kappa shape index (κ1) is 9.52. The van der Waals surface area contributed by atoms with Gasteiger partial charge in [0.15, 0.2) is 0 Å². The maximum atomic E-state index is 12.0. The van der Waals surface area contributed by atoms with E-state index in [1.165, 1.54) is 0 Å². The van der Waals surface area contributed by atoms with Crippen LogP contribution in [-0.4, -0.2) is 20.3 Å². The Morgan fingerprint density at radius 3 is 2.42 bits per heavy atom. The smallest absolute Gasteiger partial charge is 0.107 e. The Bertz CT molecular complexity index is 235. The van der Waals surface area contributed by atoms with Gasteiger partial charge in [-0.2, -0.15) is 0 Å². The molecule has 0 heterocycles. The van der Waals surface area contributed by atoms with E-state index in [0.29, 0.717) is 6.54 Å². The van der Waals surface area contributed by atoms with Crippen LogP contribution in [0, 0.1) is 0 Å². The van der Waals surface area contributed by atoms with Gasteiger partial charge in [0.2, 0.25) is 0 Å². The van der Waals surface area contributed by atoms with E-state index in [1.807, 2.05) is 36.2 Å². The summed E-state index contributed by atoms with van der Waals surface area (Å²) < 4.78 is 13.0. The first-order valence-corrected chi connectivity index (χ1v) is 4.56. The first-order valence-electron chi connectivity index (χ1n) is 3.76. The number of hydrogen-bond donors (Lipinski definition) is 0. The van der Waals surface area contributed by atoms with Gasteiger partial charge in [-0.1, -0.05) is 15.9 Å². The topological polar surface area (TPSA) is 3.24 Å². The molecule has 12 heavy (non-hydrogen) atoms. The fourth-order valence-corrected chi connectivity index (χ4v) is 1.22. The molecule has 0 aliphatic heterocycles. The average molecular weight is 232 g/mol. The van der Waals surface area contributed by atoms with E-state index in [2.05, 4.69) is 15.9 Å². The molecule has 0 N–H and O–H groups in total. The quantitative estimate of drug-likeness (QED) is 0.774. The molecule has 1 aromatic carbocycles. The molecule has 0 saturated heterocycles. The summed E-state index contributed by atoms with van der Waals surface area (Å²) in [6.45, 7) is 0.133. The van der Waals surface area contributed by atoms with Crippen molar-refractivity contribution in [3.8, 4) is 0 Å². The van der Waals surface area contributed by atoms with E-state index in [4.69, 9.17) is 0 Å². The van der Waals surface area contributed by atoms with Crippen LogP contribution in [0.15, 0.2) is 28.7 Å². The van der Waals surface area contributed by atoms with Crippen LogP contribution in [0.1, 0.15) is 0 Å². The molecule has 66 valence electrons. The molecule has 0 amide bonds. The highest BCUT2D eigenvalue weighted by molar-refractivity contribution is 9.10. The molecule has 0 aliphatic carbocycles. The Labute approximate surface area is 80.3 Å². The number of nitrogens with zero attached hydrogens (tertiary/aromatic N) is 1. The molecule has 0 saturated carbocycles. The number of alkyl halides is 1. The third kappa shape index (κ3) is 2.48. The van der Waals surface area contributed by atoms with Gasteiger partial charge in [0.1, 0.15) is 6.67 Å². The molecule has 0 unspecified atom stereocenters. The number of rotatable bonds is 3. The van der Waals surface area contributed by atoms with E-state index in [9.17, 15) is 4.39 Å². The van der Waals surface area contributed by atoms with Gasteiger partial charge in [0.25, 0.3) is 0 Å². The molecular formula is C9H11BrFN. The van der Waals surface area contributed by atoms with Gasteiger partial charge in [0, 0.05) is 23.8 Å². The van der Waals surface area contributed by atoms with Gasteiger partial charge in [-0.3, -0.25) is 0 Å². The van der Waals surface area contributed by atoms with Crippen molar-refractivity contribution >= 4 is 21.6 Å². The summed E-state index contributed by atoms with van der Waals surface area (Å²) in [5.74, 6) is 0. The third-order valence-corrected chi connectivity index (χ3v) is 2.22. The minimum absolute atomic E-state index is 0.313. The largest absolute Gasteiger partial charge is 0.372 e. The monoisotopic (exact) mass is 231 g/mol. The maximum Gasteiger partial charge on any atom is 0.107 e. The van der Waals surface area contributed by atoms with Gasteiger partial charge in [-0.25, -0.2) is 4.39 Å². The minimum atomic E-state index is -0.313. The van der Waals surface area contributed by atoms with Crippen molar-refractivity contribution in [2.45, 2.75) is 0 Å². The van der Waals surface area contributed by atoms with E-state index in [0.717, 1.165) is 10.2 Å². The van der Waals surface area contributed by atoms with Gasteiger partial charge >= 0.3 is 0 Å². The van der Waals surface area contributed by atoms with Crippen molar-refractivity contribution < 1.29 is 4.39 Å². The summed E-state index contributed by atoms with van der Waals surface area (Å²) in [5, 5.41) is 0. The second kappa shape index (κ2) is 4.45. The van der Waals surface area contributed by atoms with E-state index >= 15 is 0 Å². The van der Waals surface area contributed by atoms with Crippen LogP contribution in [0.2, 0.25) is 0 Å². The van der Waals surface area contributed by atoms with Crippen LogP contribution < -0.4 is 4.90 Å². The Morgan fingerprint density at radius 2 is 1.92 bits per heavy atom. The molecule has 0 atom stereocenters. The standard InChI is InChI=1S/C9H11BrFN/c1-12(7-6-11)9-4-2-8(10)3-5-9/h2-5H,6-7H2,1H3. The summed E-state index contributed by atoms with van der Waals surface area (Å²) in [6, 6.07) is 7.81. The lowest BCUT2D eigenvalue weighted by Gasteiger charge is -2.16. The molecular weight excluding hydrogens is 221 g/mol. The minimum Gasteiger partial charge on any atom is -0.372 e. The van der Waals surface area contributed by atoms with Gasteiger partial charge in [-0.15, -0.1) is 0 Å². The van der Waals surface area contributed by atoms with Crippen LogP contribution in [-0.2, 0) is 0 Å². The van der Waals surface area contributed by atoms with E-state index in [-0.39, 0.29) is 6.67 Å². The first-order chi connectivity index (χ1) is 5.74. The molecule has 0 spiro atoms. The van der Waals surface area contributed by atoms with Crippen LogP contribution in [0.25, 0.3) is 0 Å². The summed E-state index contributed by atoms with van der Waals surface area (Å²) in [6.07, 6.45) is 0. The molecule has 3 heteroatoms. The molecule has 1 nitrogen and oxygen atoms in total. The average Bonchev–Trinajstić information content (AvgIpc) is 2.06. The normalized spacial score (nSPS) is 9.92. The lowest BCUT2D eigenvalue weighted by atomic mass is 10.3. The lowest BCUT2D eigenvalue weighted by Crippen LogP contribution is -2.19. The van der Waals surface area contributed by atoms with Gasteiger partial charge < -0.3 is 4.90 Å². The summed E-state index contributed by atoms with van der Waals surface area (Å²) in [5.41, 5.74) is 1.04. The zero-order chi connectivity index (χ0) is 8.97. The Balaban J connectivity index is 2.68. The second-order valence-electron chi connectivity index (χ2n) is 2.59. The van der Waals surface area contributed by atoms with Crippen LogP contribution >= 0.6 is 15.9 Å². The van der Waals surface area contributed by atoms with E-state index < -0.39 is 0 Å². The predicted molar refractivity (Wildman–Crippen MR) is 53.4 cm³/mol. The van der Waals surface area contributed by atoms with Crippen molar-refractivity contribution in [2.24, 2.45) is 0 Å². The Hall–Kier alpha value is -0.570. The predicted octanol–water partition coefficient (Wildman–Crippen LogP) is 2.85. The molecule has 0 fully saturated rings. The molecule has 1 aromatic rings. The Morgan fingerprint density at radius 1 is 1.33 bits per heavy atom. The molecule has 0 aliphatic rings. The zero-order valence-corrected chi connectivity index (χ0v) is 8.51. The fraction of sp³-hybridized carbons (Fsp3) is 0.333. The van der Waals surface area contributed by atoms with Crippen molar-refractivity contribution in [3.63, 3.8) is 0 Å². The SMILES string of the molecule is CN(CCF)c1ccc(Br)cc1. The molecule has 0 radical (unpaired) electrons. The van der Waals surface area contributed by atoms with Gasteiger partial charge in [-0.05, 0) is 24.3 Å². The number of halogens is 2. The Kier molecular flexibility index (Phi) is 3.53. The second-order valence-corrected chi connectivity index (χ2v) is 3.50. The maximum absolute atomic E-state index is 12.0. The lowest BCUT2D eigenvalue weighted by molar-refractivity contribution is 0.497. The molecule has 0 bridgehead atoms. The zero-order valence-electron chi connectivity index (χ0n) is 6.93. The molecule has 1 rings (SSSR count). The highest BCUT2D eigenvalue weighted by atomic mass is 79.9. The van der Waals surface area contributed by atoms with Crippen LogP contribution in [0.4, 0.5) is 10.1 Å². The third-order valence-electron chi connectivity index (χ3n) is 1.69. The summed E-state index contributed by atoms with van der Waals surface area (Å²) in [7, 11) is 1.88. The number of anilines is 1. The number of benzene rings is 1. The van der Waals surface area contributed by atoms with Crippen molar-refractivity contribution in [3.05, 3.63) is 28.7 Å². The van der Waals surface area contributed by atoms with Crippen molar-refractivity contribution in [1.82, 2.24) is 0 Å². The van der Waals surface area contributed by atoms with Crippen LogP contribution in [0.3, 0.4) is 0 Å². The van der Waals surface area contributed by atoms with Crippen LogP contribution in [0.5, 0.6) is 0 Å². The van der Waals surface area contributed by atoms with Gasteiger partial charge in [0.05, 0.1) is 0 Å². The van der Waals surface area contributed by atoms with E-state index in [1.54, 1.807) is 0 Å².